The second-order valence-electron chi connectivity index (χ2n) is 8.12. The number of amides is 1. The average molecular weight is 448 g/mol. The monoisotopic (exact) mass is 447 g/mol. The molecule has 0 bridgehead atoms. The Bertz CT molecular complexity index is 675. The van der Waals surface area contributed by atoms with Crippen LogP contribution in [0, 0.1) is 18.8 Å². The lowest BCUT2D eigenvalue weighted by Crippen LogP contribution is -2.47. The fraction of sp³-hybridized carbons (Fsp3) is 0.667. The Balaban J connectivity index is 0.00000210. The van der Waals surface area contributed by atoms with Gasteiger partial charge in [0.15, 0.2) is 0 Å². The third-order valence-electron chi connectivity index (χ3n) is 6.15. The normalized spacial score (nSPS) is 25.8. The fourth-order valence-electron chi connectivity index (χ4n) is 4.59. The van der Waals surface area contributed by atoms with Crippen molar-refractivity contribution >= 4 is 30.7 Å². The average Bonchev–Trinajstić information content (AvgIpc) is 3.08. The lowest BCUT2D eigenvalue weighted by Gasteiger charge is -2.40. The standard InChI is InChI=1S/C21H33N3O3.2ClH/c1-14-5-6-15(10-19(14)27-8-7-22)21(25)24-12-16-9-18(23(2)3)20(26-4)11-17(16)13-24;;/h5-6,10,16-18,20H,7-9,11-13,22H2,1-4H3;2*1H/t16-,17+,18-,20-;;/m1../s1. The van der Waals surface area contributed by atoms with Crippen molar-refractivity contribution < 1.29 is 14.3 Å². The SMILES string of the molecule is CO[C@@H]1C[C@H]2CN(C(=O)c3ccc(C)c(OCCN)c3)C[C@H]2C[C@H]1N(C)C.Cl.Cl. The van der Waals surface area contributed by atoms with Gasteiger partial charge in [0.25, 0.3) is 5.91 Å². The van der Waals surface area contributed by atoms with E-state index in [1.807, 2.05) is 30.0 Å². The van der Waals surface area contributed by atoms with Gasteiger partial charge in [0, 0.05) is 38.3 Å². The molecule has 0 unspecified atom stereocenters. The summed E-state index contributed by atoms with van der Waals surface area (Å²) in [5, 5.41) is 0. The molecular weight excluding hydrogens is 413 g/mol. The zero-order valence-corrected chi connectivity index (χ0v) is 19.4. The van der Waals surface area contributed by atoms with Crippen molar-refractivity contribution in [3.8, 4) is 5.75 Å². The number of hydrogen-bond acceptors (Lipinski definition) is 5. The molecule has 1 saturated carbocycles. The number of carbonyl (C=O) groups is 1. The van der Waals surface area contributed by atoms with E-state index in [4.69, 9.17) is 15.2 Å². The third-order valence-corrected chi connectivity index (χ3v) is 6.15. The lowest BCUT2D eigenvalue weighted by atomic mass is 9.77. The van der Waals surface area contributed by atoms with Gasteiger partial charge in [-0.15, -0.1) is 24.8 Å². The van der Waals surface area contributed by atoms with Crippen LogP contribution in [-0.2, 0) is 4.74 Å². The number of likely N-dealkylation sites (tertiary alicyclic amines) is 1. The summed E-state index contributed by atoms with van der Waals surface area (Å²) < 4.78 is 11.4. The molecule has 0 radical (unpaired) electrons. The summed E-state index contributed by atoms with van der Waals surface area (Å²) in [6.45, 7) is 4.54. The molecule has 1 aliphatic heterocycles. The molecule has 1 aromatic carbocycles. The van der Waals surface area contributed by atoms with Gasteiger partial charge in [-0.2, -0.15) is 0 Å². The summed E-state index contributed by atoms with van der Waals surface area (Å²) in [5.41, 5.74) is 7.25. The molecule has 0 aromatic heterocycles. The van der Waals surface area contributed by atoms with Crippen molar-refractivity contribution in [3.05, 3.63) is 29.3 Å². The zero-order chi connectivity index (χ0) is 19.6. The van der Waals surface area contributed by atoms with Crippen LogP contribution < -0.4 is 10.5 Å². The van der Waals surface area contributed by atoms with Crippen LogP contribution in [0.3, 0.4) is 0 Å². The van der Waals surface area contributed by atoms with Crippen LogP contribution in [0.15, 0.2) is 18.2 Å². The number of halogens is 2. The number of rotatable bonds is 6. The number of likely N-dealkylation sites (N-methyl/N-ethyl adjacent to an activating group) is 1. The van der Waals surface area contributed by atoms with Crippen molar-refractivity contribution in [1.82, 2.24) is 9.80 Å². The third kappa shape index (κ3) is 5.76. The van der Waals surface area contributed by atoms with Gasteiger partial charge in [0.2, 0.25) is 0 Å². The van der Waals surface area contributed by atoms with Crippen molar-refractivity contribution in [2.45, 2.75) is 31.9 Å². The molecule has 6 nitrogen and oxygen atoms in total. The molecular formula is C21H35Cl2N3O3. The van der Waals surface area contributed by atoms with E-state index in [0.717, 1.165) is 37.2 Å². The minimum Gasteiger partial charge on any atom is -0.492 e. The van der Waals surface area contributed by atoms with Gasteiger partial charge in [-0.25, -0.2) is 0 Å². The highest BCUT2D eigenvalue weighted by molar-refractivity contribution is 5.95. The Labute approximate surface area is 186 Å². The number of aryl methyl sites for hydroxylation is 1. The van der Waals surface area contributed by atoms with Crippen LogP contribution in [0.5, 0.6) is 5.75 Å². The van der Waals surface area contributed by atoms with E-state index in [9.17, 15) is 4.79 Å². The van der Waals surface area contributed by atoms with Gasteiger partial charge in [-0.1, -0.05) is 6.07 Å². The second-order valence-corrected chi connectivity index (χ2v) is 8.12. The summed E-state index contributed by atoms with van der Waals surface area (Å²) >= 11 is 0. The molecule has 2 fully saturated rings. The molecule has 29 heavy (non-hydrogen) atoms. The Morgan fingerprint density at radius 1 is 1.21 bits per heavy atom. The number of benzene rings is 1. The molecule has 4 atom stereocenters. The first-order chi connectivity index (χ1) is 12.9. The molecule has 1 heterocycles. The highest BCUT2D eigenvalue weighted by atomic mass is 35.5. The number of nitrogens with zero attached hydrogens (tertiary/aromatic N) is 2. The maximum Gasteiger partial charge on any atom is 0.254 e. The van der Waals surface area contributed by atoms with Gasteiger partial charge in [0.1, 0.15) is 12.4 Å². The molecule has 166 valence electrons. The van der Waals surface area contributed by atoms with Crippen LogP contribution in [0.4, 0.5) is 0 Å². The van der Waals surface area contributed by atoms with Crippen LogP contribution in [0.25, 0.3) is 0 Å². The quantitative estimate of drug-likeness (QED) is 0.725. The van der Waals surface area contributed by atoms with Crippen LogP contribution in [-0.4, -0.2) is 75.3 Å². The van der Waals surface area contributed by atoms with Crippen LogP contribution in [0.2, 0.25) is 0 Å². The Kier molecular flexibility index (Phi) is 10.2. The van der Waals surface area contributed by atoms with Crippen LogP contribution in [0.1, 0.15) is 28.8 Å². The minimum absolute atomic E-state index is 0. The summed E-state index contributed by atoms with van der Waals surface area (Å²) in [4.78, 5) is 17.4. The number of fused-ring (bicyclic) bond motifs is 1. The van der Waals surface area contributed by atoms with Gasteiger partial charge in [0.05, 0.1) is 6.10 Å². The van der Waals surface area contributed by atoms with Gasteiger partial charge in [-0.3, -0.25) is 4.79 Å². The smallest absolute Gasteiger partial charge is 0.254 e. The Morgan fingerprint density at radius 2 is 1.86 bits per heavy atom. The molecule has 1 aliphatic carbocycles. The van der Waals surface area contributed by atoms with E-state index in [-0.39, 0.29) is 36.8 Å². The number of nitrogens with two attached hydrogens (primary N) is 1. The number of hydrogen-bond donors (Lipinski definition) is 1. The minimum atomic E-state index is 0. The van der Waals surface area contributed by atoms with E-state index in [1.54, 1.807) is 7.11 Å². The van der Waals surface area contributed by atoms with Crippen molar-refractivity contribution in [2.24, 2.45) is 17.6 Å². The maximum atomic E-state index is 13.1. The molecule has 0 spiro atoms. The molecule has 8 heteroatoms. The maximum absolute atomic E-state index is 13.1. The number of methoxy groups -OCH3 is 1. The summed E-state index contributed by atoms with van der Waals surface area (Å²) in [5.74, 6) is 1.91. The molecule has 1 amide bonds. The van der Waals surface area contributed by atoms with E-state index in [0.29, 0.717) is 36.6 Å². The fourth-order valence-corrected chi connectivity index (χ4v) is 4.59. The number of ether oxygens (including phenoxy) is 2. The van der Waals surface area contributed by atoms with Crippen molar-refractivity contribution in [1.29, 1.82) is 0 Å². The molecule has 2 aliphatic rings. The van der Waals surface area contributed by atoms with Crippen molar-refractivity contribution in [3.63, 3.8) is 0 Å². The Hall–Kier alpha value is -1.05. The van der Waals surface area contributed by atoms with E-state index in [1.165, 1.54) is 0 Å². The van der Waals surface area contributed by atoms with E-state index < -0.39 is 0 Å². The Morgan fingerprint density at radius 3 is 2.45 bits per heavy atom. The van der Waals surface area contributed by atoms with Gasteiger partial charge >= 0.3 is 0 Å². The summed E-state index contributed by atoms with van der Waals surface area (Å²) in [6.07, 6.45) is 2.34. The molecule has 1 aromatic rings. The topological polar surface area (TPSA) is 68.0 Å². The van der Waals surface area contributed by atoms with Gasteiger partial charge in [-0.05, 0) is 63.4 Å². The van der Waals surface area contributed by atoms with Crippen LogP contribution >= 0.6 is 24.8 Å². The molecule has 2 N–H and O–H groups in total. The summed E-state index contributed by atoms with van der Waals surface area (Å²) in [6, 6.07) is 6.12. The first-order valence-electron chi connectivity index (χ1n) is 9.86. The number of carbonyl (C=O) groups excluding carboxylic acids is 1. The van der Waals surface area contributed by atoms with E-state index in [2.05, 4.69) is 19.0 Å². The van der Waals surface area contributed by atoms with Gasteiger partial charge < -0.3 is 25.0 Å². The first kappa shape index (κ1) is 26.0. The molecule has 1 saturated heterocycles. The first-order valence-corrected chi connectivity index (χ1v) is 9.86. The summed E-state index contributed by atoms with van der Waals surface area (Å²) in [7, 11) is 6.03. The predicted molar refractivity (Wildman–Crippen MR) is 121 cm³/mol. The largest absolute Gasteiger partial charge is 0.492 e. The molecule has 3 rings (SSSR count). The highest BCUT2D eigenvalue weighted by Gasteiger charge is 2.44. The zero-order valence-electron chi connectivity index (χ0n) is 17.8. The predicted octanol–water partition coefficient (Wildman–Crippen LogP) is 2.60. The second kappa shape index (κ2) is 11.4. The van der Waals surface area contributed by atoms with E-state index >= 15 is 0 Å². The van der Waals surface area contributed by atoms with Crippen molar-refractivity contribution in [2.75, 3.05) is 47.4 Å². The highest BCUT2D eigenvalue weighted by Crippen LogP contribution is 2.39. The lowest BCUT2D eigenvalue weighted by molar-refractivity contribution is -0.0209.